The maximum atomic E-state index is 11.9. The Bertz CT molecular complexity index is 757. The fourth-order valence-corrected chi connectivity index (χ4v) is 2.23. The number of benzene rings is 2. The predicted molar refractivity (Wildman–Crippen MR) is 95.8 cm³/mol. The lowest BCUT2D eigenvalue weighted by atomic mass is 10.1. The number of rotatable bonds is 5. The minimum atomic E-state index is -0.186. The quantitative estimate of drug-likeness (QED) is 0.828. The van der Waals surface area contributed by atoms with Gasteiger partial charge in [-0.1, -0.05) is 29.8 Å². The summed E-state index contributed by atoms with van der Waals surface area (Å²) in [5.41, 5.74) is 3.43. The first kappa shape index (κ1) is 16.0. The average Bonchev–Trinajstić information content (AvgIpc) is 3.39. The van der Waals surface area contributed by atoms with Crippen LogP contribution in [0.3, 0.4) is 0 Å². The normalized spacial score (nSPS) is 13.7. The van der Waals surface area contributed by atoms with Crippen LogP contribution in [0.2, 0.25) is 0 Å². The molecule has 1 aliphatic carbocycles. The van der Waals surface area contributed by atoms with Gasteiger partial charge in [-0.05, 0) is 55.7 Å². The number of amides is 2. The van der Waals surface area contributed by atoms with Crippen LogP contribution in [0.25, 0.3) is 6.08 Å². The van der Waals surface area contributed by atoms with E-state index in [1.165, 1.54) is 6.08 Å². The molecule has 2 aromatic carbocycles. The summed E-state index contributed by atoms with van der Waals surface area (Å²) in [5, 5.41) is 5.76. The summed E-state index contributed by atoms with van der Waals surface area (Å²) in [5.74, 6) is -0.223. The Kier molecular flexibility index (Phi) is 4.75. The van der Waals surface area contributed by atoms with E-state index in [1.54, 1.807) is 18.2 Å². The minimum absolute atomic E-state index is 0.0369. The van der Waals surface area contributed by atoms with Gasteiger partial charge in [-0.15, -0.1) is 0 Å². The van der Waals surface area contributed by atoms with Crippen LogP contribution in [-0.4, -0.2) is 17.9 Å². The van der Waals surface area contributed by atoms with E-state index in [9.17, 15) is 9.59 Å². The van der Waals surface area contributed by atoms with Crippen LogP contribution in [0.1, 0.15) is 34.3 Å². The maximum Gasteiger partial charge on any atom is 0.251 e. The van der Waals surface area contributed by atoms with Crippen molar-refractivity contribution in [2.75, 3.05) is 5.32 Å². The van der Waals surface area contributed by atoms with E-state index in [-0.39, 0.29) is 11.8 Å². The van der Waals surface area contributed by atoms with Gasteiger partial charge in [0, 0.05) is 23.4 Å². The third kappa shape index (κ3) is 4.56. The van der Waals surface area contributed by atoms with E-state index in [1.807, 2.05) is 43.3 Å². The van der Waals surface area contributed by atoms with E-state index in [2.05, 4.69) is 10.6 Å². The van der Waals surface area contributed by atoms with Crippen molar-refractivity contribution in [2.24, 2.45) is 0 Å². The average molecular weight is 320 g/mol. The number of aryl methyl sites for hydroxylation is 1. The molecule has 3 rings (SSSR count). The monoisotopic (exact) mass is 320 g/mol. The number of carbonyl (C=O) groups excluding carboxylic acids is 2. The second kappa shape index (κ2) is 7.13. The smallest absolute Gasteiger partial charge is 0.251 e. The lowest BCUT2D eigenvalue weighted by molar-refractivity contribution is -0.111. The molecule has 24 heavy (non-hydrogen) atoms. The molecule has 2 amide bonds. The number of anilines is 1. The molecule has 0 bridgehead atoms. The second-order valence-corrected chi connectivity index (χ2v) is 6.06. The zero-order valence-corrected chi connectivity index (χ0v) is 13.6. The molecule has 0 spiro atoms. The topological polar surface area (TPSA) is 58.2 Å². The molecule has 0 saturated heterocycles. The SMILES string of the molecule is Cc1ccc(NC(=O)/C=C/c2ccc(C(=O)NC3CC3)cc2)cc1. The molecule has 0 atom stereocenters. The fourth-order valence-electron chi connectivity index (χ4n) is 2.23. The summed E-state index contributed by atoms with van der Waals surface area (Å²) in [7, 11) is 0. The van der Waals surface area contributed by atoms with Crippen LogP contribution in [0, 0.1) is 6.92 Å². The molecule has 122 valence electrons. The molecule has 2 aromatic rings. The number of nitrogens with one attached hydrogen (secondary N) is 2. The summed E-state index contributed by atoms with van der Waals surface area (Å²) in [6.07, 6.45) is 5.36. The van der Waals surface area contributed by atoms with Crippen molar-refractivity contribution in [1.29, 1.82) is 0 Å². The Labute approximate surface area is 141 Å². The molecule has 2 N–H and O–H groups in total. The summed E-state index contributed by atoms with van der Waals surface area (Å²) in [6.45, 7) is 2.00. The number of hydrogen-bond acceptors (Lipinski definition) is 2. The van der Waals surface area contributed by atoms with Gasteiger partial charge >= 0.3 is 0 Å². The van der Waals surface area contributed by atoms with Crippen LogP contribution >= 0.6 is 0 Å². The minimum Gasteiger partial charge on any atom is -0.349 e. The Morgan fingerprint density at radius 2 is 1.67 bits per heavy atom. The van der Waals surface area contributed by atoms with Crippen molar-refractivity contribution in [1.82, 2.24) is 5.32 Å². The molecule has 0 heterocycles. The van der Waals surface area contributed by atoms with Gasteiger partial charge in [0.25, 0.3) is 5.91 Å². The van der Waals surface area contributed by atoms with Crippen molar-refractivity contribution < 1.29 is 9.59 Å². The maximum absolute atomic E-state index is 11.9. The van der Waals surface area contributed by atoms with Crippen LogP contribution < -0.4 is 10.6 Å². The molecular formula is C20H20N2O2. The zero-order valence-electron chi connectivity index (χ0n) is 13.6. The molecule has 0 radical (unpaired) electrons. The highest BCUT2D eigenvalue weighted by atomic mass is 16.2. The predicted octanol–water partition coefficient (Wildman–Crippen LogP) is 3.54. The van der Waals surface area contributed by atoms with Gasteiger partial charge in [0.1, 0.15) is 0 Å². The summed E-state index contributed by atoms with van der Waals surface area (Å²) in [4.78, 5) is 23.8. The molecule has 0 aliphatic heterocycles. The summed E-state index contributed by atoms with van der Waals surface area (Å²) < 4.78 is 0. The Balaban J connectivity index is 1.56. The van der Waals surface area contributed by atoms with E-state index in [0.717, 1.165) is 29.7 Å². The van der Waals surface area contributed by atoms with Gasteiger partial charge in [0.2, 0.25) is 5.91 Å². The van der Waals surface area contributed by atoms with E-state index in [0.29, 0.717) is 11.6 Å². The molecule has 1 saturated carbocycles. The third-order valence-corrected chi connectivity index (χ3v) is 3.83. The molecule has 0 unspecified atom stereocenters. The van der Waals surface area contributed by atoms with E-state index < -0.39 is 0 Å². The third-order valence-electron chi connectivity index (χ3n) is 3.83. The van der Waals surface area contributed by atoms with Crippen molar-refractivity contribution in [3.63, 3.8) is 0 Å². The highest BCUT2D eigenvalue weighted by Gasteiger charge is 2.23. The van der Waals surface area contributed by atoms with Crippen molar-refractivity contribution in [3.8, 4) is 0 Å². The van der Waals surface area contributed by atoms with Crippen LogP contribution in [-0.2, 0) is 4.79 Å². The van der Waals surface area contributed by atoms with Gasteiger partial charge in [-0.25, -0.2) is 0 Å². The van der Waals surface area contributed by atoms with E-state index >= 15 is 0 Å². The highest BCUT2D eigenvalue weighted by Crippen LogP contribution is 2.19. The van der Waals surface area contributed by atoms with Crippen LogP contribution in [0.5, 0.6) is 0 Å². The first-order valence-corrected chi connectivity index (χ1v) is 8.07. The van der Waals surface area contributed by atoms with Gasteiger partial charge in [-0.2, -0.15) is 0 Å². The molecule has 1 fully saturated rings. The number of hydrogen-bond donors (Lipinski definition) is 2. The largest absolute Gasteiger partial charge is 0.349 e. The molecule has 4 heteroatoms. The zero-order chi connectivity index (χ0) is 16.9. The molecule has 4 nitrogen and oxygen atoms in total. The molecule has 1 aliphatic rings. The van der Waals surface area contributed by atoms with Gasteiger partial charge in [0.15, 0.2) is 0 Å². The Hall–Kier alpha value is -2.88. The highest BCUT2D eigenvalue weighted by molar-refractivity contribution is 6.02. The van der Waals surface area contributed by atoms with Crippen LogP contribution in [0.15, 0.2) is 54.6 Å². The van der Waals surface area contributed by atoms with Crippen molar-refractivity contribution in [3.05, 3.63) is 71.3 Å². The summed E-state index contributed by atoms with van der Waals surface area (Å²) >= 11 is 0. The van der Waals surface area contributed by atoms with Gasteiger partial charge in [0.05, 0.1) is 0 Å². The molecular weight excluding hydrogens is 300 g/mol. The lowest BCUT2D eigenvalue weighted by Crippen LogP contribution is -2.25. The number of carbonyl (C=O) groups is 2. The standard InChI is InChI=1S/C20H20N2O2/c1-14-2-9-17(10-3-14)21-19(23)13-6-15-4-7-16(8-5-15)20(24)22-18-11-12-18/h2-10,13,18H,11-12H2,1H3,(H,21,23)(H,22,24)/b13-6+. The van der Waals surface area contributed by atoms with Gasteiger partial charge in [-0.3, -0.25) is 9.59 Å². The Morgan fingerprint density at radius 1 is 1.00 bits per heavy atom. The second-order valence-electron chi connectivity index (χ2n) is 6.06. The summed E-state index contributed by atoms with van der Waals surface area (Å²) in [6, 6.07) is 15.2. The van der Waals surface area contributed by atoms with Gasteiger partial charge < -0.3 is 10.6 Å². The van der Waals surface area contributed by atoms with Crippen molar-refractivity contribution >= 4 is 23.6 Å². The van der Waals surface area contributed by atoms with E-state index in [4.69, 9.17) is 0 Å². The van der Waals surface area contributed by atoms with Crippen molar-refractivity contribution in [2.45, 2.75) is 25.8 Å². The Morgan fingerprint density at radius 3 is 2.29 bits per heavy atom. The first-order chi connectivity index (χ1) is 11.6. The fraction of sp³-hybridized carbons (Fsp3) is 0.200. The lowest BCUT2D eigenvalue weighted by Gasteiger charge is -2.04. The molecule has 0 aromatic heterocycles. The first-order valence-electron chi connectivity index (χ1n) is 8.07. The van der Waals surface area contributed by atoms with Crippen LogP contribution in [0.4, 0.5) is 5.69 Å².